The number of rotatable bonds is 3. The summed E-state index contributed by atoms with van der Waals surface area (Å²) in [5.74, 6) is 0. The molecule has 0 spiro atoms. The van der Waals surface area contributed by atoms with E-state index in [9.17, 15) is 9.60 Å². The Labute approximate surface area is 247 Å². The van der Waals surface area contributed by atoms with Crippen LogP contribution in [-0.2, 0) is 0 Å². The second-order valence-electron chi connectivity index (χ2n) is 8.92. The molecule has 1 nitrogen and oxygen atoms in total. The second-order valence-corrected chi connectivity index (χ2v) is 8.92. The summed E-state index contributed by atoms with van der Waals surface area (Å²) in [5.41, 5.74) is -0.842. The number of fused-ring (bicyclic) bond motifs is 5. The monoisotopic (exact) mass is 511 g/mol. The van der Waals surface area contributed by atoms with Gasteiger partial charge in [-0.25, -0.2) is 0 Å². The molecule has 1 aromatic heterocycles. The van der Waals surface area contributed by atoms with Crippen molar-refractivity contribution in [2.24, 2.45) is 0 Å². The van der Waals surface area contributed by atoms with Gasteiger partial charge in [0.05, 0.1) is 20.6 Å². The van der Waals surface area contributed by atoms with Gasteiger partial charge in [0.1, 0.15) is 11.2 Å². The molecular formula is C38H24O. The van der Waals surface area contributed by atoms with Gasteiger partial charge in [-0.05, 0) is 67.0 Å². The first-order chi connectivity index (χ1) is 25.6. The molecule has 7 aromatic carbocycles. The van der Waals surface area contributed by atoms with Crippen molar-refractivity contribution in [3.8, 4) is 33.4 Å². The van der Waals surface area contributed by atoms with Crippen LogP contribution >= 0.6 is 0 Å². The highest BCUT2D eigenvalue weighted by molar-refractivity contribution is 6.23. The van der Waals surface area contributed by atoms with Crippen molar-refractivity contribution in [3.63, 3.8) is 0 Å². The fourth-order valence-electron chi connectivity index (χ4n) is 5.24. The molecule has 0 fully saturated rings. The summed E-state index contributed by atoms with van der Waals surface area (Å²) in [6.45, 7) is 0. The minimum atomic E-state index is -0.767. The molecule has 0 radical (unpaired) electrons. The SMILES string of the molecule is [2H]c1c([2H])c([2H])c(-c2c([2H])c([2H])c([2H])c3oc4ccccc4c23)c(-c2c3c([2H])c([2H])c([2H])c([2H])c3c(-c3ccccc3)c3c([2H])c([2H])c([2H])c([2H])c23)c1[2H]. The number of furan rings is 1. The molecule has 8 rings (SSSR count). The molecule has 39 heavy (non-hydrogen) atoms. The highest BCUT2D eigenvalue weighted by atomic mass is 16.3. The van der Waals surface area contributed by atoms with E-state index in [-0.39, 0.29) is 60.4 Å². The van der Waals surface area contributed by atoms with Gasteiger partial charge in [-0.2, -0.15) is 0 Å². The average Bonchev–Trinajstić information content (AvgIpc) is 3.56. The third kappa shape index (κ3) is 3.34. The number of hydrogen-bond acceptors (Lipinski definition) is 1. The fraction of sp³-hybridized carbons (Fsp3) is 0. The molecular weight excluding hydrogens is 472 g/mol. The lowest BCUT2D eigenvalue weighted by Crippen LogP contribution is -1.92. The van der Waals surface area contributed by atoms with Crippen LogP contribution in [0.5, 0.6) is 0 Å². The average molecular weight is 512 g/mol. The number of hydrogen-bond donors (Lipinski definition) is 0. The van der Waals surface area contributed by atoms with Gasteiger partial charge in [-0.1, -0.05) is 133 Å². The molecule has 0 N–H and O–H groups in total. The largest absolute Gasteiger partial charge is 0.456 e. The number of para-hydroxylation sites is 1. The molecule has 182 valence electrons. The summed E-state index contributed by atoms with van der Waals surface area (Å²) >= 11 is 0. The van der Waals surface area contributed by atoms with Gasteiger partial charge in [-0.3, -0.25) is 0 Å². The summed E-state index contributed by atoms with van der Waals surface area (Å²) in [6, 6.07) is 5.18. The Balaban J connectivity index is 1.77. The molecule has 0 atom stereocenters. The Morgan fingerprint density at radius 2 is 0.974 bits per heavy atom. The van der Waals surface area contributed by atoms with E-state index in [1.165, 1.54) is 0 Å². The van der Waals surface area contributed by atoms with Crippen molar-refractivity contribution in [3.05, 3.63) is 145 Å². The van der Waals surface area contributed by atoms with E-state index in [4.69, 9.17) is 15.4 Å². The lowest BCUT2D eigenvalue weighted by Gasteiger charge is -2.20. The maximum absolute atomic E-state index is 9.43. The predicted molar refractivity (Wildman–Crippen MR) is 165 cm³/mol. The minimum Gasteiger partial charge on any atom is -0.456 e. The highest BCUT2D eigenvalue weighted by Gasteiger charge is 2.20. The van der Waals surface area contributed by atoms with Gasteiger partial charge in [-0.15, -0.1) is 0 Å². The van der Waals surface area contributed by atoms with E-state index in [0.717, 1.165) is 0 Å². The molecule has 0 saturated carbocycles. The molecule has 0 aliphatic rings. The smallest absolute Gasteiger partial charge is 0.136 e. The van der Waals surface area contributed by atoms with Gasteiger partial charge in [0.2, 0.25) is 0 Å². The van der Waals surface area contributed by atoms with Crippen LogP contribution in [0.1, 0.15) is 20.6 Å². The van der Waals surface area contributed by atoms with Gasteiger partial charge < -0.3 is 4.42 Å². The molecule has 1 heteroatoms. The van der Waals surface area contributed by atoms with Crippen molar-refractivity contribution < 1.29 is 25.0 Å². The zero-order chi connectivity index (χ0) is 38.8. The third-order valence-electron chi connectivity index (χ3n) is 6.83. The summed E-state index contributed by atoms with van der Waals surface area (Å²) in [5, 5.41) is -0.447. The van der Waals surface area contributed by atoms with Crippen LogP contribution in [-0.4, -0.2) is 0 Å². The molecule has 0 unspecified atom stereocenters. The van der Waals surface area contributed by atoms with Gasteiger partial charge in [0.15, 0.2) is 0 Å². The first-order valence-electron chi connectivity index (χ1n) is 19.6. The highest BCUT2D eigenvalue weighted by Crippen LogP contribution is 2.47. The third-order valence-corrected chi connectivity index (χ3v) is 6.83. The van der Waals surface area contributed by atoms with E-state index >= 15 is 0 Å². The van der Waals surface area contributed by atoms with Crippen LogP contribution in [0.25, 0.3) is 76.9 Å². The first kappa shape index (κ1) is 11.7. The van der Waals surface area contributed by atoms with Gasteiger partial charge in [0.25, 0.3) is 0 Å². The molecule has 8 aromatic rings. The molecule has 0 aliphatic carbocycles. The fourth-order valence-corrected chi connectivity index (χ4v) is 5.24. The lowest BCUT2D eigenvalue weighted by atomic mass is 9.83. The maximum atomic E-state index is 9.43. The van der Waals surface area contributed by atoms with Crippen LogP contribution in [0, 0.1) is 0 Å². The summed E-state index contributed by atoms with van der Waals surface area (Å²) in [7, 11) is 0. The molecule has 0 amide bonds. The van der Waals surface area contributed by atoms with Crippen LogP contribution in [0.15, 0.2) is 150 Å². The van der Waals surface area contributed by atoms with Crippen LogP contribution < -0.4 is 0 Å². The Kier molecular flexibility index (Phi) is 2.62. The van der Waals surface area contributed by atoms with E-state index in [2.05, 4.69) is 0 Å². The Morgan fingerprint density at radius 3 is 1.69 bits per heavy atom. The van der Waals surface area contributed by atoms with Crippen molar-refractivity contribution in [1.29, 1.82) is 0 Å². The zero-order valence-corrected chi connectivity index (χ0v) is 20.1. The van der Waals surface area contributed by atoms with E-state index in [1.54, 1.807) is 54.6 Å². The first-order valence-corrected chi connectivity index (χ1v) is 12.1. The summed E-state index contributed by atoms with van der Waals surface area (Å²) in [4.78, 5) is 0. The molecule has 1 heterocycles. The molecule has 0 bridgehead atoms. The van der Waals surface area contributed by atoms with Crippen molar-refractivity contribution in [2.45, 2.75) is 0 Å². The van der Waals surface area contributed by atoms with Gasteiger partial charge in [0, 0.05) is 10.8 Å². The molecule has 0 saturated heterocycles. The van der Waals surface area contributed by atoms with E-state index in [1.807, 2.05) is 0 Å². The zero-order valence-electron chi connectivity index (χ0n) is 35.1. The van der Waals surface area contributed by atoms with Crippen molar-refractivity contribution in [1.82, 2.24) is 0 Å². The van der Waals surface area contributed by atoms with Crippen LogP contribution in [0.3, 0.4) is 0 Å². The Bertz CT molecular complexity index is 2910. The Morgan fingerprint density at radius 1 is 0.410 bits per heavy atom. The second kappa shape index (κ2) is 8.72. The predicted octanol–water partition coefficient (Wildman–Crippen LogP) is 10.9. The van der Waals surface area contributed by atoms with Crippen LogP contribution in [0.2, 0.25) is 0 Å². The van der Waals surface area contributed by atoms with Gasteiger partial charge >= 0.3 is 0 Å². The standard InChI is InChI=1S/C38H24O/c1-2-13-25(14-3-1)36-29-17-6-8-19-31(29)37(32-20-9-7-18-30(32)36)27-16-5-4-15-26(27)28-22-12-24-35-38(28)33-21-10-11-23-34(33)39-35/h1-24H/i4D,5D,6D,7D,8D,9D,12D,15D,16D,17D,18D,19D,20D,22D,24D. The van der Waals surface area contributed by atoms with E-state index in [0.29, 0.717) is 10.9 Å². The number of benzene rings is 7. The van der Waals surface area contributed by atoms with Crippen molar-refractivity contribution in [2.75, 3.05) is 0 Å². The molecule has 0 aliphatic heterocycles. The van der Waals surface area contributed by atoms with Crippen LogP contribution in [0.4, 0.5) is 0 Å². The Hall–Kier alpha value is -5.14. The minimum absolute atomic E-state index is 0.0575. The topological polar surface area (TPSA) is 13.1 Å². The van der Waals surface area contributed by atoms with Crippen molar-refractivity contribution >= 4 is 43.5 Å². The van der Waals surface area contributed by atoms with E-state index < -0.39 is 96.2 Å². The maximum Gasteiger partial charge on any atom is 0.136 e. The lowest BCUT2D eigenvalue weighted by molar-refractivity contribution is 0.669. The quantitative estimate of drug-likeness (QED) is 0.215. The summed E-state index contributed by atoms with van der Waals surface area (Å²) < 4.78 is 141. The normalized spacial score (nSPS) is 17.0. The summed E-state index contributed by atoms with van der Waals surface area (Å²) in [6.07, 6.45) is 0.